The van der Waals surface area contributed by atoms with Crippen molar-refractivity contribution in [2.24, 2.45) is 17.6 Å². The number of thiazole rings is 1. The number of imidazole rings is 1. The maximum absolute atomic E-state index is 13.3. The second kappa shape index (κ2) is 8.42. The highest BCUT2D eigenvalue weighted by Gasteiger charge is 2.45. The molecule has 1 unspecified atom stereocenters. The maximum Gasteiger partial charge on any atom is 0.262 e. The third-order valence-corrected chi connectivity index (χ3v) is 9.32. The van der Waals surface area contributed by atoms with Gasteiger partial charge in [-0.25, -0.2) is 13.4 Å². The van der Waals surface area contributed by atoms with Gasteiger partial charge in [0.2, 0.25) is 5.91 Å². The van der Waals surface area contributed by atoms with E-state index in [1.165, 1.54) is 11.3 Å². The third-order valence-electron chi connectivity index (χ3n) is 6.33. The van der Waals surface area contributed by atoms with Gasteiger partial charge in [-0.05, 0) is 42.9 Å². The molecule has 2 saturated heterocycles. The summed E-state index contributed by atoms with van der Waals surface area (Å²) in [6.45, 7) is 3.56. The van der Waals surface area contributed by atoms with Crippen LogP contribution >= 0.6 is 22.9 Å². The fourth-order valence-electron chi connectivity index (χ4n) is 4.82. The number of aromatic nitrogens is 2. The van der Waals surface area contributed by atoms with Gasteiger partial charge >= 0.3 is 0 Å². The highest BCUT2D eigenvalue weighted by Crippen LogP contribution is 2.36. The number of rotatable bonds is 7. The average Bonchev–Trinajstić information content (AvgIpc) is 3.48. The number of fused-ring (bicyclic) bond motifs is 2. The molecule has 3 aromatic rings. The second-order valence-corrected chi connectivity index (χ2v) is 11.4. The summed E-state index contributed by atoms with van der Waals surface area (Å²) in [5.41, 5.74) is 6.84. The molecule has 0 spiro atoms. The minimum Gasteiger partial charge on any atom is -0.366 e. The Hall–Kier alpha value is -1.98. The molecule has 11 heteroatoms. The number of sulfonamides is 1. The number of nitrogens with zero attached hydrogens (tertiary/aromatic N) is 4. The van der Waals surface area contributed by atoms with Crippen molar-refractivity contribution in [2.45, 2.75) is 11.4 Å². The molecule has 1 amide bonds. The molecule has 0 saturated carbocycles. The van der Waals surface area contributed by atoms with E-state index in [1.807, 2.05) is 18.6 Å². The second-order valence-electron chi connectivity index (χ2n) is 8.31. The van der Waals surface area contributed by atoms with Crippen LogP contribution < -0.4 is 5.73 Å². The van der Waals surface area contributed by atoms with E-state index < -0.39 is 15.9 Å². The van der Waals surface area contributed by atoms with E-state index >= 15 is 0 Å². The summed E-state index contributed by atoms with van der Waals surface area (Å²) in [4.78, 5) is 18.7. The van der Waals surface area contributed by atoms with E-state index in [0.29, 0.717) is 35.4 Å². The van der Waals surface area contributed by atoms with Crippen LogP contribution in [0.25, 0.3) is 4.96 Å². The van der Waals surface area contributed by atoms with Crippen LogP contribution in [0.5, 0.6) is 0 Å². The van der Waals surface area contributed by atoms with Crippen molar-refractivity contribution in [2.75, 3.05) is 32.7 Å². The van der Waals surface area contributed by atoms with Crippen molar-refractivity contribution in [1.29, 1.82) is 0 Å². The first-order valence-corrected chi connectivity index (χ1v) is 13.1. The summed E-state index contributed by atoms with van der Waals surface area (Å²) < 4.78 is 29.7. The fourth-order valence-corrected chi connectivity index (χ4v) is 7.78. The molecule has 169 valence electrons. The molecule has 2 aromatic heterocycles. The highest BCUT2D eigenvalue weighted by molar-refractivity contribution is 7.89. The number of primary amides is 1. The predicted octanol–water partition coefficient (Wildman–Crippen LogP) is 2.34. The Morgan fingerprint density at radius 3 is 2.66 bits per heavy atom. The normalized spacial score (nSPS) is 22.0. The number of benzene rings is 1. The van der Waals surface area contributed by atoms with Crippen molar-refractivity contribution in [1.82, 2.24) is 18.6 Å². The lowest BCUT2D eigenvalue weighted by molar-refractivity contribution is 0.0999. The smallest absolute Gasteiger partial charge is 0.262 e. The molecular formula is C21H23ClN5O3S2. The molecule has 4 heterocycles. The number of amides is 1. The van der Waals surface area contributed by atoms with Crippen molar-refractivity contribution < 1.29 is 13.2 Å². The molecule has 2 fully saturated rings. The summed E-state index contributed by atoms with van der Waals surface area (Å²) in [7, 11) is -3.71. The molecule has 1 aromatic carbocycles. The van der Waals surface area contributed by atoms with Crippen LogP contribution in [0.2, 0.25) is 5.15 Å². The van der Waals surface area contributed by atoms with Gasteiger partial charge in [-0.2, -0.15) is 4.31 Å². The van der Waals surface area contributed by atoms with Gasteiger partial charge in [-0.15, -0.1) is 11.3 Å². The summed E-state index contributed by atoms with van der Waals surface area (Å²) >= 11 is 7.54. The molecule has 8 nitrogen and oxygen atoms in total. The first-order valence-electron chi connectivity index (χ1n) is 10.4. The summed E-state index contributed by atoms with van der Waals surface area (Å²) in [6.07, 6.45) is 4.53. The van der Waals surface area contributed by atoms with E-state index in [4.69, 9.17) is 17.3 Å². The van der Waals surface area contributed by atoms with Crippen LogP contribution in [0.4, 0.5) is 0 Å². The monoisotopic (exact) mass is 492 g/mol. The van der Waals surface area contributed by atoms with E-state index in [0.717, 1.165) is 31.6 Å². The van der Waals surface area contributed by atoms with Gasteiger partial charge in [0.05, 0.1) is 0 Å². The minimum absolute atomic E-state index is 0.0299. The zero-order valence-electron chi connectivity index (χ0n) is 17.2. The number of likely N-dealkylation sites (tertiary alicyclic amines) is 1. The van der Waals surface area contributed by atoms with Crippen LogP contribution in [-0.2, 0) is 10.0 Å². The molecule has 5 rings (SSSR count). The Kier molecular flexibility index (Phi) is 5.75. The quantitative estimate of drug-likeness (QED) is 0.545. The summed E-state index contributed by atoms with van der Waals surface area (Å²) in [5, 5.41) is 1.89. The number of carbonyl (C=O) groups is 1. The van der Waals surface area contributed by atoms with Gasteiger partial charge in [-0.1, -0.05) is 29.8 Å². The third kappa shape index (κ3) is 3.84. The van der Waals surface area contributed by atoms with Crippen LogP contribution in [0.15, 0.2) is 40.9 Å². The van der Waals surface area contributed by atoms with Gasteiger partial charge in [-0.3, -0.25) is 9.20 Å². The number of halogens is 1. The van der Waals surface area contributed by atoms with Crippen LogP contribution in [0.3, 0.4) is 0 Å². The summed E-state index contributed by atoms with van der Waals surface area (Å²) in [6, 6.07) is 7.33. The lowest BCUT2D eigenvalue weighted by atomic mass is 10.0. The Morgan fingerprint density at radius 1 is 1.22 bits per heavy atom. The van der Waals surface area contributed by atoms with Crippen molar-refractivity contribution in [3.8, 4) is 0 Å². The molecule has 1 radical (unpaired) electrons. The largest absolute Gasteiger partial charge is 0.366 e. The van der Waals surface area contributed by atoms with Gasteiger partial charge in [0, 0.05) is 43.3 Å². The van der Waals surface area contributed by atoms with Gasteiger partial charge in [0.25, 0.3) is 10.0 Å². The van der Waals surface area contributed by atoms with E-state index in [2.05, 4.69) is 9.88 Å². The SMILES string of the molecule is NC(=O)c1ccccc1[CH]CCN1CC2CN(S(=O)(=O)c3c(Cl)nc4sccn34)C[C@@H]2C1. The van der Waals surface area contributed by atoms with Crippen LogP contribution in [0.1, 0.15) is 22.3 Å². The van der Waals surface area contributed by atoms with Gasteiger partial charge in [0.1, 0.15) is 0 Å². The molecule has 0 bridgehead atoms. The summed E-state index contributed by atoms with van der Waals surface area (Å²) in [5.74, 6) is 0.173. The molecular weight excluding hydrogens is 470 g/mol. The average molecular weight is 493 g/mol. The van der Waals surface area contributed by atoms with E-state index in [1.54, 1.807) is 32.4 Å². The lowest BCUT2D eigenvalue weighted by Gasteiger charge is -2.21. The number of nitrogens with two attached hydrogens (primary N) is 1. The van der Waals surface area contributed by atoms with Crippen molar-refractivity contribution in [3.05, 3.63) is 58.5 Å². The topological polar surface area (TPSA) is 101 Å². The molecule has 2 aliphatic heterocycles. The van der Waals surface area contributed by atoms with Crippen LogP contribution in [0, 0.1) is 18.3 Å². The Bertz CT molecular complexity index is 1260. The molecule has 0 aliphatic carbocycles. The lowest BCUT2D eigenvalue weighted by Crippen LogP contribution is -2.34. The zero-order chi connectivity index (χ0) is 22.5. The Balaban J connectivity index is 1.19. The Labute approximate surface area is 195 Å². The van der Waals surface area contributed by atoms with Gasteiger partial charge < -0.3 is 10.6 Å². The fraction of sp³-hybridized carbons (Fsp3) is 0.381. The van der Waals surface area contributed by atoms with E-state index in [-0.39, 0.29) is 10.2 Å². The zero-order valence-corrected chi connectivity index (χ0v) is 19.6. The van der Waals surface area contributed by atoms with Crippen molar-refractivity contribution >= 4 is 43.8 Å². The first kappa shape index (κ1) is 21.8. The minimum atomic E-state index is -3.71. The van der Waals surface area contributed by atoms with Crippen molar-refractivity contribution in [3.63, 3.8) is 0 Å². The predicted molar refractivity (Wildman–Crippen MR) is 123 cm³/mol. The number of hydrogen-bond donors (Lipinski definition) is 1. The van der Waals surface area contributed by atoms with Crippen LogP contribution in [-0.4, -0.2) is 65.6 Å². The standard InChI is InChI=1S/C21H23ClN5O3S2/c22-18-20(27-8-9-31-21(27)24-18)32(29,30)26-12-15-10-25(11-16(15)13-26)7-3-5-14-4-1-2-6-17(14)19(23)28/h1-2,4-6,8-9,15-16H,3,7,10-13H2,(H2,23,28)/t15-,16?/m0/s1. The van der Waals surface area contributed by atoms with E-state index in [9.17, 15) is 13.2 Å². The Morgan fingerprint density at radius 2 is 1.94 bits per heavy atom. The first-order chi connectivity index (χ1) is 15.3. The highest BCUT2D eigenvalue weighted by atomic mass is 35.5. The van der Waals surface area contributed by atoms with Gasteiger partial charge in [0.15, 0.2) is 15.1 Å². The molecule has 2 aliphatic rings. The molecule has 2 atom stereocenters. The molecule has 2 N–H and O–H groups in total. The maximum atomic E-state index is 13.3. The number of carbonyl (C=O) groups excluding carboxylic acids is 1. The molecule has 32 heavy (non-hydrogen) atoms. The number of hydrogen-bond acceptors (Lipinski definition) is 6.